The molecule has 1 unspecified atom stereocenters. The fraction of sp³-hybridized carbons (Fsp3) is 0.167. The Morgan fingerprint density at radius 1 is 1.24 bits per heavy atom. The number of pyridine rings is 1. The molecule has 3 heterocycles. The van der Waals surface area contributed by atoms with Crippen molar-refractivity contribution in [1.82, 2.24) is 25.1 Å². The Bertz CT molecular complexity index is 1100. The van der Waals surface area contributed by atoms with Gasteiger partial charge in [0.25, 0.3) is 5.91 Å². The predicted molar refractivity (Wildman–Crippen MR) is 97.7 cm³/mol. The van der Waals surface area contributed by atoms with Crippen LogP contribution in [0, 0.1) is 0 Å². The number of aromatic nitrogens is 4. The van der Waals surface area contributed by atoms with E-state index in [1.54, 1.807) is 12.4 Å². The van der Waals surface area contributed by atoms with E-state index < -0.39 is 0 Å². The van der Waals surface area contributed by atoms with Crippen LogP contribution in [-0.2, 0) is 7.05 Å². The molecule has 1 atom stereocenters. The molecule has 6 nitrogen and oxygen atoms in total. The molecule has 7 heteroatoms. The first kappa shape index (κ1) is 15.7. The van der Waals surface area contributed by atoms with Crippen molar-refractivity contribution in [3.8, 4) is 0 Å². The van der Waals surface area contributed by atoms with Crippen LogP contribution in [0.5, 0.6) is 0 Å². The molecule has 0 aliphatic carbocycles. The van der Waals surface area contributed by atoms with Crippen LogP contribution in [-0.4, -0.2) is 25.7 Å². The van der Waals surface area contributed by atoms with Crippen molar-refractivity contribution < 1.29 is 4.79 Å². The molecule has 4 aromatic rings. The SMILES string of the molecule is CC(NC(=O)c1cc2ccc(Cl)cc2n1C)c1cc2[nH]ncc2cn1. The van der Waals surface area contributed by atoms with Crippen LogP contribution in [0.25, 0.3) is 21.8 Å². The highest BCUT2D eigenvalue weighted by Crippen LogP contribution is 2.23. The zero-order valence-corrected chi connectivity index (χ0v) is 14.5. The van der Waals surface area contributed by atoms with Gasteiger partial charge >= 0.3 is 0 Å². The third kappa shape index (κ3) is 2.74. The molecular formula is C18H16ClN5O. The highest BCUT2D eigenvalue weighted by molar-refractivity contribution is 6.31. The van der Waals surface area contributed by atoms with Gasteiger partial charge in [-0.15, -0.1) is 0 Å². The molecule has 0 radical (unpaired) electrons. The minimum atomic E-state index is -0.234. The summed E-state index contributed by atoms with van der Waals surface area (Å²) in [6.07, 6.45) is 3.46. The van der Waals surface area contributed by atoms with Gasteiger partial charge in [0.15, 0.2) is 0 Å². The zero-order chi connectivity index (χ0) is 17.6. The quantitative estimate of drug-likeness (QED) is 0.591. The van der Waals surface area contributed by atoms with Gasteiger partial charge in [0.05, 0.1) is 23.4 Å². The van der Waals surface area contributed by atoms with Gasteiger partial charge in [-0.25, -0.2) is 0 Å². The van der Waals surface area contributed by atoms with Crippen LogP contribution in [0.4, 0.5) is 0 Å². The van der Waals surface area contributed by atoms with Gasteiger partial charge in [-0.1, -0.05) is 17.7 Å². The van der Waals surface area contributed by atoms with Crippen LogP contribution in [0.2, 0.25) is 5.02 Å². The average Bonchev–Trinajstić information content (AvgIpc) is 3.19. The van der Waals surface area contributed by atoms with Gasteiger partial charge in [-0.2, -0.15) is 5.10 Å². The maximum absolute atomic E-state index is 12.7. The summed E-state index contributed by atoms with van der Waals surface area (Å²) in [7, 11) is 1.85. The molecule has 3 aromatic heterocycles. The maximum atomic E-state index is 12.7. The Morgan fingerprint density at radius 2 is 2.08 bits per heavy atom. The molecule has 126 valence electrons. The average molecular weight is 354 g/mol. The van der Waals surface area contributed by atoms with Crippen LogP contribution in [0.15, 0.2) is 42.7 Å². The lowest BCUT2D eigenvalue weighted by atomic mass is 10.2. The number of aryl methyl sites for hydroxylation is 1. The zero-order valence-electron chi connectivity index (χ0n) is 13.7. The van der Waals surface area contributed by atoms with Crippen molar-refractivity contribution >= 4 is 39.3 Å². The van der Waals surface area contributed by atoms with Crippen molar-refractivity contribution in [3.63, 3.8) is 0 Å². The molecular weight excluding hydrogens is 338 g/mol. The summed E-state index contributed by atoms with van der Waals surface area (Å²) in [6, 6.07) is 9.10. The number of hydrogen-bond donors (Lipinski definition) is 2. The number of hydrogen-bond acceptors (Lipinski definition) is 3. The number of nitrogens with zero attached hydrogens (tertiary/aromatic N) is 3. The minimum Gasteiger partial charge on any atom is -0.343 e. The molecule has 0 saturated heterocycles. The summed E-state index contributed by atoms with van der Waals surface area (Å²) in [5.41, 5.74) is 3.16. The fourth-order valence-corrected chi connectivity index (χ4v) is 3.12. The lowest BCUT2D eigenvalue weighted by molar-refractivity contribution is 0.0931. The second-order valence-corrected chi connectivity index (χ2v) is 6.49. The fourth-order valence-electron chi connectivity index (χ4n) is 2.96. The topological polar surface area (TPSA) is 75.6 Å². The van der Waals surface area contributed by atoms with E-state index in [1.807, 2.05) is 48.9 Å². The van der Waals surface area contributed by atoms with E-state index >= 15 is 0 Å². The second kappa shape index (κ2) is 5.89. The third-order valence-corrected chi connectivity index (χ3v) is 4.61. The molecule has 1 aromatic carbocycles. The number of amides is 1. The Balaban J connectivity index is 1.61. The largest absolute Gasteiger partial charge is 0.343 e. The number of fused-ring (bicyclic) bond motifs is 2. The summed E-state index contributed by atoms with van der Waals surface area (Å²) >= 11 is 6.05. The van der Waals surface area contributed by atoms with Gasteiger partial charge < -0.3 is 9.88 Å². The van der Waals surface area contributed by atoms with E-state index in [-0.39, 0.29) is 11.9 Å². The van der Waals surface area contributed by atoms with E-state index in [4.69, 9.17) is 11.6 Å². The lowest BCUT2D eigenvalue weighted by Gasteiger charge is -2.14. The maximum Gasteiger partial charge on any atom is 0.268 e. The monoisotopic (exact) mass is 353 g/mol. The molecule has 4 rings (SSSR count). The molecule has 0 spiro atoms. The lowest BCUT2D eigenvalue weighted by Crippen LogP contribution is -2.28. The Kier molecular flexibility index (Phi) is 3.69. The molecule has 2 N–H and O–H groups in total. The van der Waals surface area contributed by atoms with Crippen LogP contribution >= 0.6 is 11.6 Å². The smallest absolute Gasteiger partial charge is 0.268 e. The minimum absolute atomic E-state index is 0.158. The molecule has 0 aliphatic rings. The molecule has 0 aliphatic heterocycles. The standard InChI is InChI=1S/C18H16ClN5O/c1-10(14-7-15-12(8-20-14)9-21-23-15)22-18(25)17-5-11-3-4-13(19)6-16(11)24(17)2/h3-10H,1-2H3,(H,21,23)(H,22,25). The van der Waals surface area contributed by atoms with Crippen molar-refractivity contribution in [3.05, 3.63) is 59.1 Å². The number of rotatable bonds is 3. The number of carbonyl (C=O) groups is 1. The van der Waals surface area contributed by atoms with E-state index in [2.05, 4.69) is 20.5 Å². The number of aromatic amines is 1. The number of nitrogens with one attached hydrogen (secondary N) is 2. The second-order valence-electron chi connectivity index (χ2n) is 6.05. The first-order valence-corrected chi connectivity index (χ1v) is 8.25. The number of benzene rings is 1. The van der Waals surface area contributed by atoms with Crippen molar-refractivity contribution in [1.29, 1.82) is 0 Å². The first-order chi connectivity index (χ1) is 12.0. The Labute approximate surface area is 148 Å². The van der Waals surface area contributed by atoms with Crippen molar-refractivity contribution in [2.75, 3.05) is 0 Å². The third-order valence-electron chi connectivity index (χ3n) is 4.38. The van der Waals surface area contributed by atoms with Gasteiger partial charge in [-0.05, 0) is 31.2 Å². The number of H-pyrrole nitrogens is 1. The first-order valence-electron chi connectivity index (χ1n) is 7.88. The molecule has 1 amide bonds. The summed E-state index contributed by atoms with van der Waals surface area (Å²) in [5, 5.41) is 12.5. The van der Waals surface area contributed by atoms with Crippen LogP contribution in [0.1, 0.15) is 29.1 Å². The van der Waals surface area contributed by atoms with Crippen LogP contribution < -0.4 is 5.32 Å². The normalized spacial score (nSPS) is 12.6. The highest BCUT2D eigenvalue weighted by atomic mass is 35.5. The van der Waals surface area contributed by atoms with E-state index in [0.29, 0.717) is 10.7 Å². The molecule has 0 fully saturated rings. The van der Waals surface area contributed by atoms with Crippen molar-refractivity contribution in [2.45, 2.75) is 13.0 Å². The number of halogens is 1. The predicted octanol–water partition coefficient (Wildman–Crippen LogP) is 3.59. The number of carbonyl (C=O) groups excluding carboxylic acids is 1. The van der Waals surface area contributed by atoms with E-state index in [1.165, 1.54) is 0 Å². The van der Waals surface area contributed by atoms with Gasteiger partial charge in [0.1, 0.15) is 5.69 Å². The van der Waals surface area contributed by atoms with Gasteiger partial charge in [-0.3, -0.25) is 14.9 Å². The van der Waals surface area contributed by atoms with Gasteiger partial charge in [0.2, 0.25) is 0 Å². The molecule has 0 saturated carbocycles. The molecule has 25 heavy (non-hydrogen) atoms. The Morgan fingerprint density at radius 3 is 2.92 bits per heavy atom. The summed E-state index contributed by atoms with van der Waals surface area (Å²) in [5.74, 6) is -0.158. The summed E-state index contributed by atoms with van der Waals surface area (Å²) in [4.78, 5) is 17.1. The van der Waals surface area contributed by atoms with E-state index in [0.717, 1.165) is 27.5 Å². The van der Waals surface area contributed by atoms with Crippen LogP contribution in [0.3, 0.4) is 0 Å². The Hall–Kier alpha value is -2.86. The van der Waals surface area contributed by atoms with Gasteiger partial charge in [0, 0.05) is 34.6 Å². The highest BCUT2D eigenvalue weighted by Gasteiger charge is 2.17. The summed E-state index contributed by atoms with van der Waals surface area (Å²) < 4.78 is 1.84. The van der Waals surface area contributed by atoms with Crippen molar-refractivity contribution in [2.24, 2.45) is 7.05 Å². The van der Waals surface area contributed by atoms with E-state index in [9.17, 15) is 4.79 Å². The molecule has 0 bridgehead atoms. The summed E-state index contributed by atoms with van der Waals surface area (Å²) in [6.45, 7) is 1.90.